The van der Waals surface area contributed by atoms with Crippen molar-refractivity contribution in [3.8, 4) is 0 Å². The standard InChI is InChI=1S/C19H26FN3O2/c1-14(24)23-11-7-17(8-12-23)22-18(25)13-21-19(9-2-10-19)15-3-5-16(20)6-4-15/h3-6,17,21H,2,7-13H2,1H3,(H,22,25). The molecule has 1 heterocycles. The molecule has 2 N–H and O–H groups in total. The van der Waals surface area contributed by atoms with Crippen molar-refractivity contribution in [1.82, 2.24) is 15.5 Å². The fourth-order valence-electron chi connectivity index (χ4n) is 3.73. The summed E-state index contributed by atoms with van der Waals surface area (Å²) in [5.41, 5.74) is 0.839. The third-order valence-electron chi connectivity index (χ3n) is 5.50. The lowest BCUT2D eigenvalue weighted by Gasteiger charge is -2.43. The first kappa shape index (κ1) is 17.9. The first-order valence-electron chi connectivity index (χ1n) is 9.04. The fourth-order valence-corrected chi connectivity index (χ4v) is 3.73. The van der Waals surface area contributed by atoms with Gasteiger partial charge in [0.1, 0.15) is 5.82 Å². The molecule has 0 unspecified atom stereocenters. The second-order valence-corrected chi connectivity index (χ2v) is 7.14. The Kier molecular flexibility index (Phi) is 5.37. The van der Waals surface area contributed by atoms with Crippen molar-refractivity contribution in [2.45, 2.75) is 50.6 Å². The average molecular weight is 347 g/mol. The van der Waals surface area contributed by atoms with Gasteiger partial charge in [-0.3, -0.25) is 14.9 Å². The van der Waals surface area contributed by atoms with Crippen LogP contribution in [0.4, 0.5) is 4.39 Å². The van der Waals surface area contributed by atoms with Gasteiger partial charge in [-0.25, -0.2) is 4.39 Å². The number of piperidine rings is 1. The van der Waals surface area contributed by atoms with E-state index in [9.17, 15) is 14.0 Å². The van der Waals surface area contributed by atoms with E-state index in [1.165, 1.54) is 12.1 Å². The Morgan fingerprint density at radius 2 is 1.84 bits per heavy atom. The van der Waals surface area contributed by atoms with Gasteiger partial charge in [-0.1, -0.05) is 12.1 Å². The molecular formula is C19H26FN3O2. The lowest BCUT2D eigenvalue weighted by Crippen LogP contribution is -2.53. The minimum atomic E-state index is -0.243. The minimum Gasteiger partial charge on any atom is -0.352 e. The van der Waals surface area contributed by atoms with E-state index in [1.54, 1.807) is 19.1 Å². The van der Waals surface area contributed by atoms with Crippen LogP contribution >= 0.6 is 0 Å². The predicted octanol–water partition coefficient (Wildman–Crippen LogP) is 1.92. The second-order valence-electron chi connectivity index (χ2n) is 7.14. The highest BCUT2D eigenvalue weighted by Gasteiger charge is 2.38. The monoisotopic (exact) mass is 347 g/mol. The van der Waals surface area contributed by atoms with E-state index in [1.807, 2.05) is 4.90 Å². The number of rotatable bonds is 5. The number of carbonyl (C=O) groups excluding carboxylic acids is 2. The fraction of sp³-hybridized carbons (Fsp3) is 0.579. The average Bonchev–Trinajstić information content (AvgIpc) is 2.56. The number of amides is 2. The summed E-state index contributed by atoms with van der Waals surface area (Å²) < 4.78 is 13.1. The number of carbonyl (C=O) groups is 2. The minimum absolute atomic E-state index is 0.0188. The molecular weight excluding hydrogens is 321 g/mol. The van der Waals surface area contributed by atoms with Crippen LogP contribution in [0.3, 0.4) is 0 Å². The quantitative estimate of drug-likeness (QED) is 0.855. The molecule has 1 aromatic rings. The summed E-state index contributed by atoms with van der Waals surface area (Å²) in [5.74, 6) is -0.166. The zero-order valence-electron chi connectivity index (χ0n) is 14.7. The van der Waals surface area contributed by atoms with Crippen molar-refractivity contribution in [3.05, 3.63) is 35.6 Å². The van der Waals surface area contributed by atoms with E-state index >= 15 is 0 Å². The van der Waals surface area contributed by atoms with Crippen molar-refractivity contribution in [2.24, 2.45) is 0 Å². The van der Waals surface area contributed by atoms with E-state index in [4.69, 9.17) is 0 Å². The number of nitrogens with one attached hydrogen (secondary N) is 2. The summed E-state index contributed by atoms with van der Waals surface area (Å²) in [5, 5.41) is 6.45. The molecule has 0 radical (unpaired) electrons. The van der Waals surface area contributed by atoms with E-state index in [0.717, 1.165) is 37.7 Å². The van der Waals surface area contributed by atoms with Crippen LogP contribution in [0.25, 0.3) is 0 Å². The molecule has 0 atom stereocenters. The Morgan fingerprint density at radius 3 is 2.36 bits per heavy atom. The van der Waals surface area contributed by atoms with Crippen molar-refractivity contribution in [1.29, 1.82) is 0 Å². The smallest absolute Gasteiger partial charge is 0.234 e. The molecule has 2 fully saturated rings. The van der Waals surface area contributed by atoms with Gasteiger partial charge in [0, 0.05) is 31.6 Å². The van der Waals surface area contributed by atoms with Crippen molar-refractivity contribution >= 4 is 11.8 Å². The van der Waals surface area contributed by atoms with Crippen LogP contribution in [0.5, 0.6) is 0 Å². The summed E-state index contributed by atoms with van der Waals surface area (Å²) in [6, 6.07) is 6.68. The predicted molar refractivity (Wildman–Crippen MR) is 93.4 cm³/mol. The summed E-state index contributed by atoms with van der Waals surface area (Å²) in [6.45, 7) is 3.24. The zero-order chi connectivity index (χ0) is 17.9. The second kappa shape index (κ2) is 7.52. The van der Waals surface area contributed by atoms with Gasteiger partial charge in [-0.15, -0.1) is 0 Å². The molecule has 0 spiro atoms. The molecule has 1 saturated heterocycles. The van der Waals surface area contributed by atoms with E-state index in [2.05, 4.69) is 10.6 Å². The number of hydrogen-bond acceptors (Lipinski definition) is 3. The highest BCUT2D eigenvalue weighted by Crippen LogP contribution is 2.41. The van der Waals surface area contributed by atoms with E-state index in [0.29, 0.717) is 13.1 Å². The van der Waals surface area contributed by atoms with Gasteiger partial charge in [0.25, 0.3) is 0 Å². The molecule has 2 aliphatic rings. The highest BCUT2D eigenvalue weighted by atomic mass is 19.1. The Morgan fingerprint density at radius 1 is 1.20 bits per heavy atom. The molecule has 2 amide bonds. The van der Waals surface area contributed by atoms with Crippen LogP contribution < -0.4 is 10.6 Å². The SMILES string of the molecule is CC(=O)N1CCC(NC(=O)CNC2(c3ccc(F)cc3)CCC2)CC1. The molecule has 136 valence electrons. The first-order valence-corrected chi connectivity index (χ1v) is 9.04. The maximum Gasteiger partial charge on any atom is 0.234 e. The summed E-state index contributed by atoms with van der Waals surface area (Å²) in [7, 11) is 0. The Labute approximate surface area is 148 Å². The van der Waals surface area contributed by atoms with Crippen LogP contribution in [0.15, 0.2) is 24.3 Å². The van der Waals surface area contributed by atoms with Crippen LogP contribution in [-0.2, 0) is 15.1 Å². The number of benzene rings is 1. The van der Waals surface area contributed by atoms with Gasteiger partial charge in [0.15, 0.2) is 0 Å². The number of likely N-dealkylation sites (tertiary alicyclic amines) is 1. The van der Waals surface area contributed by atoms with Crippen LogP contribution in [0.1, 0.15) is 44.6 Å². The molecule has 1 aromatic carbocycles. The largest absolute Gasteiger partial charge is 0.352 e. The maximum absolute atomic E-state index is 13.1. The van der Waals surface area contributed by atoms with Crippen molar-refractivity contribution < 1.29 is 14.0 Å². The molecule has 1 aliphatic carbocycles. The highest BCUT2D eigenvalue weighted by molar-refractivity contribution is 5.78. The molecule has 5 nitrogen and oxygen atoms in total. The van der Waals surface area contributed by atoms with E-state index in [-0.39, 0.29) is 35.8 Å². The van der Waals surface area contributed by atoms with Gasteiger partial charge in [0.05, 0.1) is 6.54 Å². The summed E-state index contributed by atoms with van der Waals surface area (Å²) in [4.78, 5) is 25.4. The van der Waals surface area contributed by atoms with Gasteiger partial charge < -0.3 is 10.2 Å². The van der Waals surface area contributed by atoms with Crippen molar-refractivity contribution in [2.75, 3.05) is 19.6 Å². The Bertz CT molecular complexity index is 620. The summed E-state index contributed by atoms with van der Waals surface area (Å²) in [6.07, 6.45) is 4.63. The van der Waals surface area contributed by atoms with Gasteiger partial charge in [-0.05, 0) is 49.8 Å². The van der Waals surface area contributed by atoms with Crippen LogP contribution in [0, 0.1) is 5.82 Å². The van der Waals surface area contributed by atoms with Gasteiger partial charge >= 0.3 is 0 Å². The van der Waals surface area contributed by atoms with Crippen LogP contribution in [0.2, 0.25) is 0 Å². The third-order valence-corrected chi connectivity index (χ3v) is 5.50. The maximum atomic E-state index is 13.1. The Hall–Kier alpha value is -1.95. The molecule has 0 aromatic heterocycles. The van der Waals surface area contributed by atoms with E-state index < -0.39 is 0 Å². The Balaban J connectivity index is 1.48. The molecule has 1 aliphatic heterocycles. The topological polar surface area (TPSA) is 61.4 Å². The zero-order valence-corrected chi connectivity index (χ0v) is 14.7. The lowest BCUT2D eigenvalue weighted by molar-refractivity contribution is -0.130. The molecule has 6 heteroatoms. The third kappa shape index (κ3) is 4.18. The molecule has 25 heavy (non-hydrogen) atoms. The van der Waals surface area contributed by atoms with Crippen molar-refractivity contribution in [3.63, 3.8) is 0 Å². The first-order chi connectivity index (χ1) is 12.0. The lowest BCUT2D eigenvalue weighted by atomic mass is 9.72. The van der Waals surface area contributed by atoms with Gasteiger partial charge in [-0.2, -0.15) is 0 Å². The number of halogens is 1. The van der Waals surface area contributed by atoms with Gasteiger partial charge in [0.2, 0.25) is 11.8 Å². The molecule has 3 rings (SSSR count). The molecule has 0 bridgehead atoms. The number of hydrogen-bond donors (Lipinski definition) is 2. The molecule has 1 saturated carbocycles. The summed E-state index contributed by atoms with van der Waals surface area (Å²) >= 11 is 0. The van der Waals surface area contributed by atoms with Crippen LogP contribution in [-0.4, -0.2) is 42.4 Å². The number of nitrogens with zero attached hydrogens (tertiary/aromatic N) is 1. The normalized spacial score (nSPS) is 20.0.